The number of fused-ring (bicyclic) bond motifs is 1. The van der Waals surface area contributed by atoms with Crippen LogP contribution < -0.4 is 0 Å². The lowest BCUT2D eigenvalue weighted by Crippen LogP contribution is -1.88. The lowest BCUT2D eigenvalue weighted by atomic mass is 10.1. The number of hydrogen-bond acceptors (Lipinski definition) is 9. The molecule has 0 amide bonds. The fourth-order valence-electron chi connectivity index (χ4n) is 2.56. The highest BCUT2D eigenvalue weighted by molar-refractivity contribution is 7.85. The fraction of sp³-hybridized carbons (Fsp3) is 0.389. The lowest BCUT2D eigenvalue weighted by Gasteiger charge is -2.00. The molecule has 52 heavy (non-hydrogen) atoms. The summed E-state index contributed by atoms with van der Waals surface area (Å²) in [6, 6.07) is 37.8. The van der Waals surface area contributed by atoms with Gasteiger partial charge in [-0.15, -0.1) is 12.6 Å². The molecular weight excluding hydrogens is 753 g/mol. The summed E-state index contributed by atoms with van der Waals surface area (Å²) in [5.74, 6) is 0. The van der Waals surface area contributed by atoms with E-state index in [-0.39, 0.29) is 14.9 Å². The summed E-state index contributed by atoms with van der Waals surface area (Å²) in [7, 11) is -14.1. The summed E-state index contributed by atoms with van der Waals surface area (Å²) in [6.07, 6.45) is 3.18. The van der Waals surface area contributed by atoms with Crippen molar-refractivity contribution in [3.63, 3.8) is 0 Å². The second-order valence-corrected chi connectivity index (χ2v) is 12.7. The second-order valence-electron chi connectivity index (χ2n) is 7.90. The van der Waals surface area contributed by atoms with Gasteiger partial charge in [0.15, 0.2) is 0 Å². The van der Waals surface area contributed by atoms with Crippen molar-refractivity contribution in [2.45, 2.75) is 76.7 Å². The van der Waals surface area contributed by atoms with E-state index < -0.39 is 41.0 Å². The summed E-state index contributed by atoms with van der Waals surface area (Å²) in [4.78, 5) is 0. The van der Waals surface area contributed by atoms with Crippen LogP contribution in [0.4, 0.5) is 0 Å². The monoisotopic (exact) mass is 816 g/mol. The molecule has 0 unspecified atom stereocenters. The average molecular weight is 817 g/mol. The molecule has 0 heterocycles. The molecule has 0 spiro atoms. The van der Waals surface area contributed by atoms with Gasteiger partial charge in [-0.05, 0) is 28.3 Å². The molecule has 0 saturated heterocycles. The molecule has 304 valence electrons. The zero-order chi connectivity index (χ0) is 40.8. The maximum Gasteiger partial charge on any atom is 0.425 e. The molecule has 4 aromatic rings. The summed E-state index contributed by atoms with van der Waals surface area (Å²) >= 11 is 0. The highest BCUT2D eigenvalue weighted by Gasteiger charge is 1.92. The molecule has 3 N–H and O–H groups in total. The maximum absolute atomic E-state index is 9.19. The standard InChI is InChI=1S/C13H12.C10H8.4C2H6.3CH4O3S.2CH4.O3S/c1-3-7-12(8-4-1)11-13-9-5-2-6-10-13;1-2-6-10-8-4-3-7-9(10)5-1;4*1-2;3*1-5(2,3)4;;;1-4(2)3/h1-10H,11H2;1-8H;4*1-2H3;3*1H3,(H,2,3,4);2*1H4;. The molecule has 4 aromatic carbocycles. The van der Waals surface area contributed by atoms with Crippen LogP contribution in [0.2, 0.25) is 0 Å². The summed E-state index contributed by atoms with van der Waals surface area (Å²) in [5.41, 5.74) is 2.74. The Morgan fingerprint density at radius 1 is 0.404 bits per heavy atom. The lowest BCUT2D eigenvalue weighted by molar-refractivity contribution is 0.488. The number of rotatable bonds is 2. The van der Waals surface area contributed by atoms with E-state index in [1.54, 1.807) is 0 Å². The molecule has 12 nitrogen and oxygen atoms in total. The van der Waals surface area contributed by atoms with Gasteiger partial charge >= 0.3 is 10.6 Å². The van der Waals surface area contributed by atoms with Gasteiger partial charge in [-0.25, -0.2) is 0 Å². The van der Waals surface area contributed by atoms with Gasteiger partial charge in [-0.2, -0.15) is 25.3 Å². The Hall–Kier alpha value is -3.51. The Morgan fingerprint density at radius 2 is 0.538 bits per heavy atom. The molecule has 16 heteroatoms. The molecule has 0 saturated carbocycles. The zero-order valence-corrected chi connectivity index (χ0v) is 34.0. The normalized spacial score (nSPS) is 8.65. The Balaban J connectivity index is -0.0000000747. The SMILES string of the molecule is C.C.CC.CC.CC.CC.CS(=O)(=O)O.CS(=O)(=O)O.CS(=O)(=O)O.O=S(=O)=O.c1ccc(Cc2ccccc2)cc1.c1ccc2ccccc2c1. The van der Waals surface area contributed by atoms with Crippen molar-refractivity contribution < 1.29 is 51.5 Å². The van der Waals surface area contributed by atoms with Crippen LogP contribution in [0.5, 0.6) is 0 Å². The molecule has 0 radical (unpaired) electrons. The van der Waals surface area contributed by atoms with Gasteiger partial charge in [-0.1, -0.05) is 179 Å². The minimum atomic E-state index is -3.67. The first-order valence-corrected chi connectivity index (χ1v) is 21.8. The fourth-order valence-corrected chi connectivity index (χ4v) is 2.56. The van der Waals surface area contributed by atoms with E-state index in [2.05, 4.69) is 109 Å². The first-order valence-electron chi connectivity index (χ1n) is 15.2. The minimum absolute atomic E-state index is 0. The molecular formula is C36H64O12S4. The Kier molecular flexibility index (Phi) is 56.0. The van der Waals surface area contributed by atoms with E-state index in [1.165, 1.54) is 21.9 Å². The van der Waals surface area contributed by atoms with Crippen molar-refractivity contribution in [3.8, 4) is 0 Å². The van der Waals surface area contributed by atoms with Crippen LogP contribution in [0.25, 0.3) is 10.8 Å². The molecule has 0 bridgehead atoms. The average Bonchev–Trinajstić information content (AvgIpc) is 3.04. The van der Waals surface area contributed by atoms with Gasteiger partial charge in [0.25, 0.3) is 30.4 Å². The number of benzene rings is 4. The number of hydrogen-bond donors (Lipinski definition) is 3. The largest absolute Gasteiger partial charge is 0.425 e. The first kappa shape index (κ1) is 66.7. The highest BCUT2D eigenvalue weighted by Crippen LogP contribution is 2.11. The second kappa shape index (κ2) is 43.7. The van der Waals surface area contributed by atoms with Crippen molar-refractivity contribution >= 4 is 51.7 Å². The molecule has 0 aliphatic heterocycles. The Morgan fingerprint density at radius 3 is 0.692 bits per heavy atom. The predicted molar refractivity (Wildman–Crippen MR) is 221 cm³/mol. The van der Waals surface area contributed by atoms with Crippen LogP contribution in [0.15, 0.2) is 109 Å². The maximum atomic E-state index is 9.19. The van der Waals surface area contributed by atoms with Gasteiger partial charge < -0.3 is 0 Å². The summed E-state index contributed by atoms with van der Waals surface area (Å²) in [5, 5.41) is 2.62. The summed E-state index contributed by atoms with van der Waals surface area (Å²) < 4.78 is 103. The van der Waals surface area contributed by atoms with E-state index in [0.29, 0.717) is 18.8 Å². The van der Waals surface area contributed by atoms with Crippen molar-refractivity contribution in [1.29, 1.82) is 0 Å². The molecule has 0 aliphatic rings. The molecule has 0 fully saturated rings. The third-order valence-corrected chi connectivity index (χ3v) is 3.75. The van der Waals surface area contributed by atoms with Crippen molar-refractivity contribution in [1.82, 2.24) is 0 Å². The first-order chi connectivity index (χ1) is 23.1. The molecule has 0 aromatic heterocycles. The van der Waals surface area contributed by atoms with Crippen molar-refractivity contribution in [3.05, 3.63) is 120 Å². The highest BCUT2D eigenvalue weighted by atomic mass is 32.2. The van der Waals surface area contributed by atoms with Gasteiger partial charge in [0, 0.05) is 0 Å². The van der Waals surface area contributed by atoms with Crippen LogP contribution >= 0.6 is 0 Å². The molecule has 0 aliphatic carbocycles. The molecule has 0 atom stereocenters. The minimum Gasteiger partial charge on any atom is -0.286 e. The summed E-state index contributed by atoms with van der Waals surface area (Å²) in [6.45, 7) is 16.0. The van der Waals surface area contributed by atoms with E-state index in [0.717, 1.165) is 6.42 Å². The van der Waals surface area contributed by atoms with Gasteiger partial charge in [-0.3, -0.25) is 13.7 Å². The Bertz CT molecular complexity index is 1540. The third kappa shape index (κ3) is 80.9. The van der Waals surface area contributed by atoms with Crippen molar-refractivity contribution in [2.24, 2.45) is 0 Å². The van der Waals surface area contributed by atoms with Crippen LogP contribution in [0, 0.1) is 0 Å². The van der Waals surface area contributed by atoms with E-state index in [1.807, 2.05) is 55.4 Å². The van der Waals surface area contributed by atoms with E-state index >= 15 is 0 Å². The van der Waals surface area contributed by atoms with Gasteiger partial charge in [0.1, 0.15) is 0 Å². The van der Waals surface area contributed by atoms with Crippen LogP contribution in [-0.2, 0) is 47.4 Å². The van der Waals surface area contributed by atoms with Crippen LogP contribution in [-0.4, -0.2) is 70.3 Å². The van der Waals surface area contributed by atoms with Gasteiger partial charge in [0.2, 0.25) is 0 Å². The van der Waals surface area contributed by atoms with Crippen molar-refractivity contribution in [2.75, 3.05) is 18.8 Å². The third-order valence-electron chi connectivity index (χ3n) is 3.75. The predicted octanol–water partition coefficient (Wildman–Crippen LogP) is 9.00. The van der Waals surface area contributed by atoms with Crippen LogP contribution in [0.1, 0.15) is 81.4 Å². The van der Waals surface area contributed by atoms with Crippen LogP contribution in [0.3, 0.4) is 0 Å². The smallest absolute Gasteiger partial charge is 0.286 e. The molecule has 4 rings (SSSR count). The zero-order valence-electron chi connectivity index (χ0n) is 30.7. The topological polar surface area (TPSA) is 214 Å². The van der Waals surface area contributed by atoms with E-state index in [9.17, 15) is 25.3 Å². The van der Waals surface area contributed by atoms with Gasteiger partial charge in [0.05, 0.1) is 18.8 Å². The quantitative estimate of drug-likeness (QED) is 0.162. The van der Waals surface area contributed by atoms with E-state index in [4.69, 9.17) is 26.3 Å². The Labute approximate surface area is 317 Å².